The van der Waals surface area contributed by atoms with Gasteiger partial charge >= 0.3 is 13.4 Å². The molecule has 0 spiro atoms. The van der Waals surface area contributed by atoms with E-state index >= 15 is 0 Å². The second kappa shape index (κ2) is 29.0. The van der Waals surface area contributed by atoms with E-state index in [0.29, 0.717) is 0 Å². The van der Waals surface area contributed by atoms with Crippen LogP contribution in [0.1, 0.15) is 13.8 Å². The zero-order valence-electron chi connectivity index (χ0n) is 3.96. The van der Waals surface area contributed by atoms with Crippen molar-refractivity contribution in [3.63, 3.8) is 0 Å². The zero-order valence-corrected chi connectivity index (χ0v) is 8.45. The fourth-order valence-electron chi connectivity index (χ4n) is 0. The Bertz CT molecular complexity index is 11.5. The molecule has 0 aromatic rings. The van der Waals surface area contributed by atoms with E-state index in [1.165, 1.54) is 0 Å². The first-order chi connectivity index (χ1) is 2.41. The molecule has 0 radical (unpaired) electrons. The molecule has 0 saturated carbocycles. The van der Waals surface area contributed by atoms with Gasteiger partial charge in [-0.05, 0) is 0 Å². The van der Waals surface area contributed by atoms with E-state index in [2.05, 4.69) is 0 Å². The normalized spacial score (nSPS) is 3.33. The van der Waals surface area contributed by atoms with Crippen LogP contribution in [-0.2, 0) is 21.7 Å². The molecule has 0 fully saturated rings. The smallest absolute Gasteiger partial charge is 0.240 e. The summed E-state index contributed by atoms with van der Waals surface area (Å²) in [5, 5.41) is 0. The van der Waals surface area contributed by atoms with Crippen molar-refractivity contribution in [2.45, 2.75) is 13.8 Å². The van der Waals surface area contributed by atoms with Gasteiger partial charge in [0, 0.05) is 21.7 Å². The molecule has 0 unspecified atom stereocenters. The van der Waals surface area contributed by atoms with Crippen LogP contribution in [0.15, 0.2) is 0 Å². The van der Waals surface area contributed by atoms with Crippen molar-refractivity contribution < 1.29 is 21.7 Å². The summed E-state index contributed by atoms with van der Waals surface area (Å²) in [5.41, 5.74) is 0. The van der Waals surface area contributed by atoms with Crippen molar-refractivity contribution >= 4 is 33.5 Å². The van der Waals surface area contributed by atoms with E-state index in [-0.39, 0.29) is 21.7 Å². The molecule has 36 valence electrons. The Labute approximate surface area is 68.6 Å². The predicted octanol–water partition coefficient (Wildman–Crippen LogP) is 1.75. The second-order valence-corrected chi connectivity index (χ2v) is 2.73. The molecule has 0 atom stereocenters. The number of hydrogen-bond donors (Lipinski definition) is 0. The first kappa shape index (κ1) is 15.7. The van der Waals surface area contributed by atoms with Crippen molar-refractivity contribution in [1.82, 2.24) is 0 Å². The third kappa shape index (κ3) is 40.7. The molecule has 0 heterocycles. The van der Waals surface area contributed by atoms with Gasteiger partial charge in [0.2, 0.25) is 0 Å². The first-order valence-electron chi connectivity index (χ1n) is 1.53. The Kier molecular flexibility index (Phi) is 75.7. The maximum Gasteiger partial charge on any atom is 0.499 e. The monoisotopic (exact) mass is 176 g/mol. The minimum absolute atomic E-state index is 0. The van der Waals surface area contributed by atoms with Gasteiger partial charge in [0.25, 0.3) is 0 Å². The molecule has 0 amide bonds. The van der Waals surface area contributed by atoms with Crippen LogP contribution in [0.2, 0.25) is 0 Å². The van der Waals surface area contributed by atoms with Crippen LogP contribution < -0.4 is 0 Å². The van der Waals surface area contributed by atoms with Crippen molar-refractivity contribution in [3.05, 3.63) is 0 Å². The van der Waals surface area contributed by atoms with Crippen LogP contribution in [0.25, 0.3) is 0 Å². The minimum atomic E-state index is -0.639. The molecular weight excluding hydrogens is 170 g/mol. The third-order valence-electron chi connectivity index (χ3n) is 0. The van der Waals surface area contributed by atoms with Gasteiger partial charge in [0.15, 0.2) is 0 Å². The molecule has 0 aliphatic heterocycles. The Hall–Kier alpha value is 1.83. The summed E-state index contributed by atoms with van der Waals surface area (Å²) in [4.78, 5) is 0. The number of rotatable bonds is 0. The SMILES string of the molecule is CC.[Cl][AlH][Cl].[Ti]. The zero-order chi connectivity index (χ0) is 4.71. The summed E-state index contributed by atoms with van der Waals surface area (Å²) in [5.74, 6) is 0. The van der Waals surface area contributed by atoms with Gasteiger partial charge in [-0.3, -0.25) is 0 Å². The van der Waals surface area contributed by atoms with E-state index < -0.39 is 13.4 Å². The van der Waals surface area contributed by atoms with Gasteiger partial charge < -0.3 is 0 Å². The molecular formula is C2H7AlCl2Ti. The van der Waals surface area contributed by atoms with Crippen molar-refractivity contribution in [3.8, 4) is 0 Å². The Morgan fingerprint density at radius 1 is 1.17 bits per heavy atom. The predicted molar refractivity (Wildman–Crippen MR) is 30.2 cm³/mol. The van der Waals surface area contributed by atoms with E-state index in [1.807, 2.05) is 13.8 Å². The molecule has 0 saturated heterocycles. The van der Waals surface area contributed by atoms with Gasteiger partial charge in [-0.2, -0.15) is 0 Å². The summed E-state index contributed by atoms with van der Waals surface area (Å²) in [6, 6.07) is 0. The van der Waals surface area contributed by atoms with E-state index in [9.17, 15) is 0 Å². The van der Waals surface area contributed by atoms with Crippen molar-refractivity contribution in [2.24, 2.45) is 0 Å². The molecule has 0 bridgehead atoms. The third-order valence-corrected chi connectivity index (χ3v) is 0. The summed E-state index contributed by atoms with van der Waals surface area (Å²) < 4.78 is 0. The van der Waals surface area contributed by atoms with Gasteiger partial charge in [0.05, 0.1) is 0 Å². The maximum atomic E-state index is 4.90. The summed E-state index contributed by atoms with van der Waals surface area (Å²) >= 11 is -0.639. The average Bonchev–Trinajstić information content (AvgIpc) is 1.46. The van der Waals surface area contributed by atoms with E-state index in [0.717, 1.165) is 0 Å². The van der Waals surface area contributed by atoms with Gasteiger partial charge in [-0.1, -0.05) is 13.8 Å². The van der Waals surface area contributed by atoms with Crippen LogP contribution in [0, 0.1) is 0 Å². The minimum Gasteiger partial charge on any atom is -0.240 e. The fourth-order valence-corrected chi connectivity index (χ4v) is 0. The van der Waals surface area contributed by atoms with Gasteiger partial charge in [0.1, 0.15) is 0 Å². The summed E-state index contributed by atoms with van der Waals surface area (Å²) in [7, 11) is 9.81. The second-order valence-electron chi connectivity index (χ2n) is 0.101. The maximum absolute atomic E-state index is 4.90. The fraction of sp³-hybridized carbons (Fsp3) is 1.00. The molecule has 0 aliphatic rings. The summed E-state index contributed by atoms with van der Waals surface area (Å²) in [6.07, 6.45) is 0. The number of halogens is 2. The van der Waals surface area contributed by atoms with Crippen molar-refractivity contribution in [2.75, 3.05) is 0 Å². The van der Waals surface area contributed by atoms with Gasteiger partial charge in [-0.25, -0.2) is 20.1 Å². The van der Waals surface area contributed by atoms with Crippen LogP contribution in [0.3, 0.4) is 0 Å². The van der Waals surface area contributed by atoms with Crippen molar-refractivity contribution in [1.29, 1.82) is 0 Å². The molecule has 0 nitrogen and oxygen atoms in total. The van der Waals surface area contributed by atoms with E-state index in [1.54, 1.807) is 0 Å². The molecule has 0 aromatic heterocycles. The standard InChI is InChI=1S/C2H6.Al.2ClH.Ti.H/c1-2;;;;;/h1-2H3;;2*1H;;/q;+2;;;;/p-2. The molecule has 0 aromatic carbocycles. The molecule has 0 aliphatic carbocycles. The molecule has 6 heavy (non-hydrogen) atoms. The van der Waals surface area contributed by atoms with Crippen LogP contribution in [-0.4, -0.2) is 13.4 Å². The summed E-state index contributed by atoms with van der Waals surface area (Å²) in [6.45, 7) is 4.00. The average molecular weight is 177 g/mol. The Balaban J connectivity index is -0.0000000275. The quantitative estimate of drug-likeness (QED) is 0.494. The van der Waals surface area contributed by atoms with Gasteiger partial charge in [-0.15, -0.1) is 0 Å². The van der Waals surface area contributed by atoms with Crippen LogP contribution in [0.4, 0.5) is 0 Å². The number of hydrogen-bond acceptors (Lipinski definition) is 0. The first-order valence-corrected chi connectivity index (χ1v) is 5.81. The topological polar surface area (TPSA) is 0 Å². The van der Waals surface area contributed by atoms with Crippen LogP contribution in [0.5, 0.6) is 0 Å². The largest absolute Gasteiger partial charge is 0.499 e. The Morgan fingerprint density at radius 3 is 1.17 bits per heavy atom. The molecule has 4 heteroatoms. The molecule has 0 N–H and O–H groups in total. The molecule has 0 rings (SSSR count). The van der Waals surface area contributed by atoms with Crippen LogP contribution >= 0.6 is 20.1 Å². The Morgan fingerprint density at radius 2 is 1.17 bits per heavy atom. The van der Waals surface area contributed by atoms with E-state index in [4.69, 9.17) is 20.1 Å².